The Kier molecular flexibility index (Phi) is 17.9. The van der Waals surface area contributed by atoms with Crippen LogP contribution < -0.4 is 10.6 Å². The van der Waals surface area contributed by atoms with Crippen molar-refractivity contribution in [1.82, 2.24) is 10.6 Å². The second kappa shape index (κ2) is 17.4. The van der Waals surface area contributed by atoms with Crippen molar-refractivity contribution in [3.8, 4) is 0 Å². The molecule has 0 rings (SSSR count). The topological polar surface area (TPSA) is 67.4 Å². The molecule has 5 nitrogen and oxygen atoms in total. The van der Waals surface area contributed by atoms with Gasteiger partial charge in [0.2, 0.25) is 11.8 Å². The SMILES string of the molecule is CCCCOCCCNC(=O)C(C)(C(C)C)C(C)C.CCNC(=O)C(CC)(C(C)C)C(C)C. The lowest BCUT2D eigenvalue weighted by molar-refractivity contribution is -0.137. The summed E-state index contributed by atoms with van der Waals surface area (Å²) < 4.78 is 5.49. The fourth-order valence-electron chi connectivity index (χ4n) is 4.60. The number of rotatable bonds is 15. The number of unbranched alkanes of at least 4 members (excludes halogenated alkanes) is 1. The molecule has 0 radical (unpaired) electrons. The van der Waals surface area contributed by atoms with Crippen LogP contribution in [0.1, 0.15) is 109 Å². The molecule has 0 aromatic rings. The second-order valence-electron chi connectivity index (χ2n) is 10.7. The minimum atomic E-state index is -0.289. The molecule has 0 saturated heterocycles. The van der Waals surface area contributed by atoms with Crippen molar-refractivity contribution in [2.24, 2.45) is 34.5 Å². The Morgan fingerprint density at radius 3 is 1.58 bits per heavy atom. The maximum atomic E-state index is 12.3. The first-order valence-electron chi connectivity index (χ1n) is 13.4. The van der Waals surface area contributed by atoms with E-state index < -0.39 is 0 Å². The maximum absolute atomic E-state index is 12.3. The summed E-state index contributed by atoms with van der Waals surface area (Å²) in [5.41, 5.74) is -0.487. The van der Waals surface area contributed by atoms with E-state index in [9.17, 15) is 9.59 Å². The molecule has 0 unspecified atom stereocenters. The summed E-state index contributed by atoms with van der Waals surface area (Å²) in [6.45, 7) is 28.3. The molecule has 0 aliphatic rings. The van der Waals surface area contributed by atoms with Gasteiger partial charge in [0.1, 0.15) is 0 Å². The highest BCUT2D eigenvalue weighted by Gasteiger charge is 2.42. The summed E-state index contributed by atoms with van der Waals surface area (Å²) in [5, 5.41) is 6.02. The lowest BCUT2D eigenvalue weighted by atomic mass is 9.66. The van der Waals surface area contributed by atoms with E-state index in [2.05, 4.69) is 86.8 Å². The lowest BCUT2D eigenvalue weighted by Gasteiger charge is -2.39. The van der Waals surface area contributed by atoms with Crippen molar-refractivity contribution in [2.75, 3.05) is 26.3 Å². The molecule has 33 heavy (non-hydrogen) atoms. The van der Waals surface area contributed by atoms with Crippen LogP contribution in [0.2, 0.25) is 0 Å². The van der Waals surface area contributed by atoms with Gasteiger partial charge in [0.05, 0.1) is 10.8 Å². The normalized spacial score (nSPS) is 12.2. The molecule has 0 heterocycles. The van der Waals surface area contributed by atoms with Gasteiger partial charge >= 0.3 is 0 Å². The van der Waals surface area contributed by atoms with Crippen LogP contribution in [0.4, 0.5) is 0 Å². The first-order chi connectivity index (χ1) is 15.3. The minimum Gasteiger partial charge on any atom is -0.381 e. The molecular formula is C28H58N2O3. The van der Waals surface area contributed by atoms with Crippen LogP contribution in [-0.4, -0.2) is 38.1 Å². The van der Waals surface area contributed by atoms with Gasteiger partial charge in [-0.1, -0.05) is 82.6 Å². The molecule has 198 valence electrons. The van der Waals surface area contributed by atoms with E-state index in [1.165, 1.54) is 0 Å². The van der Waals surface area contributed by atoms with E-state index >= 15 is 0 Å². The summed E-state index contributed by atoms with van der Waals surface area (Å²) >= 11 is 0. The van der Waals surface area contributed by atoms with E-state index in [1.54, 1.807) is 0 Å². The number of nitrogens with one attached hydrogen (secondary N) is 2. The zero-order valence-electron chi connectivity index (χ0n) is 24.2. The largest absolute Gasteiger partial charge is 0.381 e. The Morgan fingerprint density at radius 2 is 1.21 bits per heavy atom. The van der Waals surface area contributed by atoms with E-state index in [0.717, 1.165) is 45.4 Å². The monoisotopic (exact) mass is 470 g/mol. The number of amides is 2. The highest BCUT2D eigenvalue weighted by Crippen LogP contribution is 2.39. The Labute approximate surface area is 206 Å². The Bertz CT molecular complexity index is 511. The van der Waals surface area contributed by atoms with Gasteiger partial charge in [-0.15, -0.1) is 0 Å². The Hall–Kier alpha value is -1.10. The number of carbonyl (C=O) groups excluding carboxylic acids is 2. The van der Waals surface area contributed by atoms with Gasteiger partial charge in [0, 0.05) is 26.3 Å². The standard InChI is InChI=1S/C16H33NO2.C12H25NO/c1-7-8-11-19-12-9-10-17-15(18)16(6,13(2)3)14(4)5;1-7-12(9(3)4,10(5)6)11(14)13-8-2/h13-14H,7-12H2,1-6H3,(H,17,18);9-10H,7-8H2,1-6H3,(H,13,14). The number of ether oxygens (including phenoxy) is 1. The Balaban J connectivity index is 0. The van der Waals surface area contributed by atoms with Crippen molar-refractivity contribution in [3.63, 3.8) is 0 Å². The zero-order valence-corrected chi connectivity index (χ0v) is 24.2. The van der Waals surface area contributed by atoms with Crippen LogP contribution in [0.5, 0.6) is 0 Å². The van der Waals surface area contributed by atoms with Crippen molar-refractivity contribution >= 4 is 11.8 Å². The molecule has 2 amide bonds. The average Bonchev–Trinajstić information content (AvgIpc) is 2.73. The van der Waals surface area contributed by atoms with E-state index in [4.69, 9.17) is 4.74 Å². The highest BCUT2D eigenvalue weighted by atomic mass is 16.5. The first kappa shape index (κ1) is 34.1. The summed E-state index contributed by atoms with van der Waals surface area (Å²) in [5.74, 6) is 1.85. The molecule has 5 heteroatoms. The summed E-state index contributed by atoms with van der Waals surface area (Å²) in [4.78, 5) is 24.4. The van der Waals surface area contributed by atoms with Gasteiger partial charge in [0.25, 0.3) is 0 Å². The molecule has 0 saturated carbocycles. The van der Waals surface area contributed by atoms with E-state index in [-0.39, 0.29) is 22.6 Å². The minimum absolute atomic E-state index is 0.172. The molecule has 0 aliphatic carbocycles. The average molecular weight is 471 g/mol. The molecule has 2 N–H and O–H groups in total. The first-order valence-corrected chi connectivity index (χ1v) is 13.4. The smallest absolute Gasteiger partial charge is 0.226 e. The molecule has 0 fully saturated rings. The molecule has 0 spiro atoms. The third-order valence-electron chi connectivity index (χ3n) is 7.69. The fourth-order valence-corrected chi connectivity index (χ4v) is 4.60. The maximum Gasteiger partial charge on any atom is 0.226 e. The number of hydrogen-bond donors (Lipinski definition) is 2. The van der Waals surface area contributed by atoms with Crippen LogP contribution in [0.15, 0.2) is 0 Å². The predicted octanol–water partition coefficient (Wildman–Crippen LogP) is 6.46. The third kappa shape index (κ3) is 10.4. The van der Waals surface area contributed by atoms with Crippen molar-refractivity contribution < 1.29 is 14.3 Å². The van der Waals surface area contributed by atoms with Gasteiger partial charge in [0.15, 0.2) is 0 Å². The molecular weight excluding hydrogens is 412 g/mol. The molecule has 0 aliphatic heterocycles. The molecule has 0 aromatic carbocycles. The highest BCUT2D eigenvalue weighted by molar-refractivity contribution is 5.83. The van der Waals surface area contributed by atoms with Crippen LogP contribution in [-0.2, 0) is 14.3 Å². The lowest BCUT2D eigenvalue weighted by Crippen LogP contribution is -2.47. The van der Waals surface area contributed by atoms with Crippen LogP contribution in [0, 0.1) is 34.5 Å². The van der Waals surface area contributed by atoms with Crippen molar-refractivity contribution in [2.45, 2.75) is 109 Å². The van der Waals surface area contributed by atoms with Crippen molar-refractivity contribution in [1.29, 1.82) is 0 Å². The molecule has 0 atom stereocenters. The van der Waals surface area contributed by atoms with Crippen LogP contribution >= 0.6 is 0 Å². The second-order valence-corrected chi connectivity index (χ2v) is 10.7. The Morgan fingerprint density at radius 1 is 0.727 bits per heavy atom. The zero-order chi connectivity index (χ0) is 26.2. The molecule has 0 aromatic heterocycles. The van der Waals surface area contributed by atoms with E-state index in [1.807, 2.05) is 6.92 Å². The quantitative estimate of drug-likeness (QED) is 0.270. The fraction of sp³-hybridized carbons (Fsp3) is 0.929. The summed E-state index contributed by atoms with van der Waals surface area (Å²) in [6.07, 6.45) is 4.08. The third-order valence-corrected chi connectivity index (χ3v) is 7.69. The predicted molar refractivity (Wildman–Crippen MR) is 142 cm³/mol. The van der Waals surface area contributed by atoms with Crippen molar-refractivity contribution in [3.05, 3.63) is 0 Å². The summed E-state index contributed by atoms with van der Waals surface area (Å²) in [7, 11) is 0. The van der Waals surface area contributed by atoms with Gasteiger partial charge in [-0.25, -0.2) is 0 Å². The summed E-state index contributed by atoms with van der Waals surface area (Å²) in [6, 6.07) is 0. The number of carbonyl (C=O) groups is 2. The van der Waals surface area contributed by atoms with Crippen LogP contribution in [0.25, 0.3) is 0 Å². The van der Waals surface area contributed by atoms with Gasteiger partial charge < -0.3 is 15.4 Å². The van der Waals surface area contributed by atoms with Gasteiger partial charge in [-0.2, -0.15) is 0 Å². The molecule has 0 bridgehead atoms. The van der Waals surface area contributed by atoms with E-state index in [0.29, 0.717) is 30.2 Å². The van der Waals surface area contributed by atoms with Crippen LogP contribution in [0.3, 0.4) is 0 Å². The van der Waals surface area contributed by atoms with Gasteiger partial charge in [-0.05, 0) is 49.9 Å². The number of hydrogen-bond acceptors (Lipinski definition) is 3. The van der Waals surface area contributed by atoms with Gasteiger partial charge in [-0.3, -0.25) is 9.59 Å².